The Bertz CT molecular complexity index is 633. The molecular formula is C19H21BrO. The van der Waals surface area contributed by atoms with Crippen LogP contribution in [0.2, 0.25) is 0 Å². The maximum atomic E-state index is 12.9. The molecule has 0 aliphatic rings. The number of benzene rings is 2. The monoisotopic (exact) mass is 344 g/mol. The summed E-state index contributed by atoms with van der Waals surface area (Å²) in [6.45, 7) is 6.39. The molecule has 0 fully saturated rings. The lowest BCUT2D eigenvalue weighted by Crippen LogP contribution is -2.10. The quantitative estimate of drug-likeness (QED) is 0.666. The van der Waals surface area contributed by atoms with Gasteiger partial charge in [0.2, 0.25) is 0 Å². The van der Waals surface area contributed by atoms with E-state index in [0.717, 1.165) is 46.0 Å². The summed E-state index contributed by atoms with van der Waals surface area (Å²) in [4.78, 5) is 12.9. The molecule has 0 spiro atoms. The second-order valence-electron chi connectivity index (χ2n) is 5.19. The third-order valence-electron chi connectivity index (χ3n) is 3.85. The summed E-state index contributed by atoms with van der Waals surface area (Å²) in [6, 6.07) is 12.0. The number of ketones is 1. The molecule has 0 aliphatic carbocycles. The van der Waals surface area contributed by atoms with Crippen LogP contribution in [0.5, 0.6) is 0 Å². The largest absolute Gasteiger partial charge is 0.289 e. The van der Waals surface area contributed by atoms with Gasteiger partial charge in [-0.25, -0.2) is 0 Å². The fourth-order valence-electron chi connectivity index (χ4n) is 2.67. The van der Waals surface area contributed by atoms with Crippen LogP contribution in [0.1, 0.15) is 53.4 Å². The molecule has 0 aliphatic heterocycles. The average Bonchev–Trinajstić information content (AvgIpc) is 2.52. The van der Waals surface area contributed by atoms with Crippen LogP contribution in [-0.4, -0.2) is 5.78 Å². The van der Waals surface area contributed by atoms with Gasteiger partial charge < -0.3 is 0 Å². The van der Waals surface area contributed by atoms with Crippen molar-refractivity contribution in [1.29, 1.82) is 0 Å². The van der Waals surface area contributed by atoms with E-state index in [9.17, 15) is 4.79 Å². The Hall–Kier alpha value is -1.41. The zero-order valence-corrected chi connectivity index (χ0v) is 14.5. The first kappa shape index (κ1) is 16.0. The molecule has 21 heavy (non-hydrogen) atoms. The number of hydrogen-bond donors (Lipinski definition) is 0. The van der Waals surface area contributed by atoms with Crippen LogP contribution in [0.3, 0.4) is 0 Å². The molecule has 0 N–H and O–H groups in total. The Kier molecular flexibility index (Phi) is 5.35. The summed E-state index contributed by atoms with van der Waals surface area (Å²) in [5.41, 5.74) is 5.29. The number of carbonyl (C=O) groups excluding carboxylic acids is 1. The normalized spacial score (nSPS) is 10.7. The highest BCUT2D eigenvalue weighted by molar-refractivity contribution is 9.10. The van der Waals surface area contributed by atoms with Crippen LogP contribution in [-0.2, 0) is 19.3 Å². The van der Waals surface area contributed by atoms with Gasteiger partial charge in [0.1, 0.15) is 0 Å². The summed E-state index contributed by atoms with van der Waals surface area (Å²) in [5.74, 6) is 0.132. The highest BCUT2D eigenvalue weighted by Crippen LogP contribution is 2.24. The van der Waals surface area contributed by atoms with Crippen molar-refractivity contribution >= 4 is 21.7 Å². The van der Waals surface area contributed by atoms with Gasteiger partial charge in [0.25, 0.3) is 0 Å². The van der Waals surface area contributed by atoms with Crippen molar-refractivity contribution in [3.05, 3.63) is 68.7 Å². The molecule has 0 amide bonds. The van der Waals surface area contributed by atoms with E-state index in [0.29, 0.717) is 0 Å². The summed E-state index contributed by atoms with van der Waals surface area (Å²) in [6.07, 6.45) is 2.77. The topological polar surface area (TPSA) is 17.1 Å². The van der Waals surface area contributed by atoms with Gasteiger partial charge in [-0.05, 0) is 48.1 Å². The molecule has 0 heterocycles. The zero-order valence-electron chi connectivity index (χ0n) is 12.9. The number of carbonyl (C=O) groups is 1. The molecule has 2 aromatic rings. The Morgan fingerprint density at radius 3 is 2.05 bits per heavy atom. The van der Waals surface area contributed by atoms with E-state index in [-0.39, 0.29) is 5.78 Å². The fourth-order valence-corrected chi connectivity index (χ4v) is 3.07. The molecule has 0 aromatic heterocycles. The van der Waals surface area contributed by atoms with Crippen molar-refractivity contribution in [2.75, 3.05) is 0 Å². The first-order valence-corrected chi connectivity index (χ1v) is 8.34. The highest BCUT2D eigenvalue weighted by atomic mass is 79.9. The Morgan fingerprint density at radius 2 is 1.57 bits per heavy atom. The van der Waals surface area contributed by atoms with Gasteiger partial charge in [-0.1, -0.05) is 61.0 Å². The second kappa shape index (κ2) is 7.04. The number of halogens is 1. The SMILES string of the molecule is CCc1cc(CC)c(C(=O)c2cccc(Br)c2)c(CC)c1. The number of rotatable bonds is 5. The highest BCUT2D eigenvalue weighted by Gasteiger charge is 2.17. The maximum absolute atomic E-state index is 12.9. The van der Waals surface area contributed by atoms with E-state index < -0.39 is 0 Å². The molecule has 110 valence electrons. The van der Waals surface area contributed by atoms with Crippen molar-refractivity contribution in [1.82, 2.24) is 0 Å². The lowest BCUT2D eigenvalue weighted by Gasteiger charge is -2.15. The van der Waals surface area contributed by atoms with Gasteiger partial charge >= 0.3 is 0 Å². The lowest BCUT2D eigenvalue weighted by atomic mass is 9.89. The van der Waals surface area contributed by atoms with Crippen molar-refractivity contribution in [2.24, 2.45) is 0 Å². The molecule has 0 bridgehead atoms. The fraction of sp³-hybridized carbons (Fsp3) is 0.316. The summed E-state index contributed by atoms with van der Waals surface area (Å²) < 4.78 is 0.939. The van der Waals surface area contributed by atoms with Crippen molar-refractivity contribution in [3.63, 3.8) is 0 Å². The Morgan fingerprint density at radius 1 is 0.952 bits per heavy atom. The molecular weight excluding hydrogens is 324 g/mol. The standard InChI is InChI=1S/C19H21BrO/c1-4-13-10-14(5-2)18(15(6-3)11-13)19(21)16-8-7-9-17(20)12-16/h7-12H,4-6H2,1-3H3. The average molecular weight is 345 g/mol. The maximum Gasteiger partial charge on any atom is 0.193 e. The minimum Gasteiger partial charge on any atom is -0.289 e. The third kappa shape index (κ3) is 3.44. The van der Waals surface area contributed by atoms with E-state index in [1.165, 1.54) is 5.56 Å². The molecule has 2 heteroatoms. The van der Waals surface area contributed by atoms with Crippen LogP contribution in [0.4, 0.5) is 0 Å². The van der Waals surface area contributed by atoms with Gasteiger partial charge in [0.05, 0.1) is 0 Å². The molecule has 2 rings (SSSR count). The summed E-state index contributed by atoms with van der Waals surface area (Å²) in [7, 11) is 0. The van der Waals surface area contributed by atoms with Gasteiger partial charge in [-0.15, -0.1) is 0 Å². The minimum absolute atomic E-state index is 0.132. The second-order valence-corrected chi connectivity index (χ2v) is 6.10. The molecule has 0 saturated heterocycles. The van der Waals surface area contributed by atoms with Crippen molar-refractivity contribution < 1.29 is 4.79 Å². The van der Waals surface area contributed by atoms with E-state index >= 15 is 0 Å². The van der Waals surface area contributed by atoms with Gasteiger partial charge in [0.15, 0.2) is 5.78 Å². The smallest absolute Gasteiger partial charge is 0.193 e. The Balaban J connectivity index is 2.59. The van der Waals surface area contributed by atoms with E-state index in [1.807, 2.05) is 24.3 Å². The van der Waals surface area contributed by atoms with Crippen LogP contribution in [0.25, 0.3) is 0 Å². The van der Waals surface area contributed by atoms with Gasteiger partial charge in [-0.3, -0.25) is 4.79 Å². The van der Waals surface area contributed by atoms with Gasteiger partial charge in [0, 0.05) is 15.6 Å². The lowest BCUT2D eigenvalue weighted by molar-refractivity contribution is 0.103. The molecule has 0 radical (unpaired) electrons. The predicted octanol–water partition coefficient (Wildman–Crippen LogP) is 5.37. The van der Waals surface area contributed by atoms with Crippen LogP contribution in [0.15, 0.2) is 40.9 Å². The predicted molar refractivity (Wildman–Crippen MR) is 92.2 cm³/mol. The van der Waals surface area contributed by atoms with Gasteiger partial charge in [-0.2, -0.15) is 0 Å². The number of aryl methyl sites for hydroxylation is 3. The van der Waals surface area contributed by atoms with Crippen LogP contribution < -0.4 is 0 Å². The van der Waals surface area contributed by atoms with E-state index in [2.05, 4.69) is 48.8 Å². The number of hydrogen-bond acceptors (Lipinski definition) is 1. The van der Waals surface area contributed by atoms with Crippen LogP contribution in [0, 0.1) is 0 Å². The molecule has 0 atom stereocenters. The Labute approximate surface area is 135 Å². The van der Waals surface area contributed by atoms with Crippen molar-refractivity contribution in [2.45, 2.75) is 40.0 Å². The molecule has 1 nitrogen and oxygen atoms in total. The molecule has 2 aromatic carbocycles. The molecule has 0 unspecified atom stereocenters. The summed E-state index contributed by atoms with van der Waals surface area (Å²) in [5, 5.41) is 0. The zero-order chi connectivity index (χ0) is 15.4. The molecule has 0 saturated carbocycles. The first-order chi connectivity index (χ1) is 10.1. The van der Waals surface area contributed by atoms with E-state index in [4.69, 9.17) is 0 Å². The van der Waals surface area contributed by atoms with Crippen LogP contribution >= 0.6 is 15.9 Å². The van der Waals surface area contributed by atoms with Crippen molar-refractivity contribution in [3.8, 4) is 0 Å². The summed E-state index contributed by atoms with van der Waals surface area (Å²) >= 11 is 3.44. The third-order valence-corrected chi connectivity index (χ3v) is 4.34. The van der Waals surface area contributed by atoms with E-state index in [1.54, 1.807) is 0 Å². The minimum atomic E-state index is 0.132. The first-order valence-electron chi connectivity index (χ1n) is 7.55.